The lowest BCUT2D eigenvalue weighted by molar-refractivity contribution is -0.119. The average molecular weight is 268 g/mol. The van der Waals surface area contributed by atoms with Gasteiger partial charge in [0, 0.05) is 0 Å². The Kier molecular flexibility index (Phi) is 4.26. The van der Waals surface area contributed by atoms with Crippen molar-refractivity contribution >= 4 is 17.6 Å². The fourth-order valence-electron chi connectivity index (χ4n) is 1.45. The smallest absolute Gasteiger partial charge is 0.340 e. The van der Waals surface area contributed by atoms with Gasteiger partial charge in [0.2, 0.25) is 5.91 Å². The van der Waals surface area contributed by atoms with Gasteiger partial charge in [-0.1, -0.05) is 26.8 Å². The maximum absolute atomic E-state index is 13.4. The summed E-state index contributed by atoms with van der Waals surface area (Å²) in [5.41, 5.74) is 4.60. The Labute approximate surface area is 110 Å². The van der Waals surface area contributed by atoms with E-state index in [2.05, 4.69) is 5.32 Å². The molecule has 0 aromatic heterocycles. The molecule has 0 aliphatic carbocycles. The number of benzene rings is 1. The molecule has 1 amide bonds. The number of aromatic carboxylic acids is 1. The third-order valence-electron chi connectivity index (χ3n) is 2.70. The summed E-state index contributed by atoms with van der Waals surface area (Å²) in [5, 5.41) is 11.3. The minimum absolute atomic E-state index is 0.0998. The number of carbonyl (C=O) groups is 2. The van der Waals surface area contributed by atoms with Gasteiger partial charge in [0.15, 0.2) is 0 Å². The van der Waals surface area contributed by atoms with Gasteiger partial charge in [0.25, 0.3) is 0 Å². The predicted octanol–water partition coefficient (Wildman–Crippen LogP) is 1.84. The summed E-state index contributed by atoms with van der Waals surface area (Å²) in [6, 6.07) is 2.82. The summed E-state index contributed by atoms with van der Waals surface area (Å²) < 4.78 is 13.4. The van der Waals surface area contributed by atoms with E-state index in [0.717, 1.165) is 6.07 Å². The highest BCUT2D eigenvalue weighted by Gasteiger charge is 2.28. The van der Waals surface area contributed by atoms with Crippen molar-refractivity contribution in [1.29, 1.82) is 0 Å². The molecule has 0 heterocycles. The summed E-state index contributed by atoms with van der Waals surface area (Å²) in [6.07, 6.45) is 0. The van der Waals surface area contributed by atoms with Crippen LogP contribution in [-0.4, -0.2) is 23.0 Å². The fraction of sp³-hybridized carbons (Fsp3) is 0.385. The Hall–Kier alpha value is -1.95. The van der Waals surface area contributed by atoms with Crippen LogP contribution in [-0.2, 0) is 4.79 Å². The SMILES string of the molecule is CC(C)(C)C(N)C(=O)Nc1cccc(F)c1C(=O)O. The van der Waals surface area contributed by atoms with Crippen LogP contribution in [0, 0.1) is 11.2 Å². The van der Waals surface area contributed by atoms with E-state index in [1.165, 1.54) is 12.1 Å². The van der Waals surface area contributed by atoms with Crippen LogP contribution in [0.3, 0.4) is 0 Å². The normalized spacial score (nSPS) is 12.9. The number of carboxylic acids is 1. The number of hydrogen-bond donors (Lipinski definition) is 3. The summed E-state index contributed by atoms with van der Waals surface area (Å²) in [5.74, 6) is -2.91. The fourth-order valence-corrected chi connectivity index (χ4v) is 1.45. The molecule has 4 N–H and O–H groups in total. The third kappa shape index (κ3) is 3.51. The molecule has 0 aliphatic rings. The van der Waals surface area contributed by atoms with Crippen molar-refractivity contribution in [2.45, 2.75) is 26.8 Å². The molecule has 0 saturated heterocycles. The van der Waals surface area contributed by atoms with E-state index < -0.39 is 34.7 Å². The second-order valence-corrected chi connectivity index (χ2v) is 5.30. The van der Waals surface area contributed by atoms with Gasteiger partial charge in [-0.05, 0) is 17.5 Å². The van der Waals surface area contributed by atoms with Crippen molar-refractivity contribution in [3.63, 3.8) is 0 Å². The zero-order valence-electron chi connectivity index (χ0n) is 11.0. The van der Waals surface area contributed by atoms with Crippen molar-refractivity contribution in [1.82, 2.24) is 0 Å². The molecule has 5 nitrogen and oxygen atoms in total. The summed E-state index contributed by atoms with van der Waals surface area (Å²) in [6.45, 7) is 5.34. The highest BCUT2D eigenvalue weighted by molar-refractivity contribution is 6.02. The molecule has 1 unspecified atom stereocenters. The van der Waals surface area contributed by atoms with Crippen LogP contribution in [0.2, 0.25) is 0 Å². The summed E-state index contributed by atoms with van der Waals surface area (Å²) >= 11 is 0. The van der Waals surface area contributed by atoms with E-state index in [4.69, 9.17) is 10.8 Å². The van der Waals surface area contributed by atoms with E-state index in [9.17, 15) is 14.0 Å². The molecule has 104 valence electrons. The zero-order valence-corrected chi connectivity index (χ0v) is 11.0. The van der Waals surface area contributed by atoms with Crippen LogP contribution in [0.1, 0.15) is 31.1 Å². The highest BCUT2D eigenvalue weighted by atomic mass is 19.1. The molecule has 0 fully saturated rings. The summed E-state index contributed by atoms with van der Waals surface area (Å²) in [7, 11) is 0. The first-order valence-corrected chi connectivity index (χ1v) is 5.73. The van der Waals surface area contributed by atoms with Crippen molar-refractivity contribution in [2.24, 2.45) is 11.1 Å². The number of carbonyl (C=O) groups excluding carboxylic acids is 1. The van der Waals surface area contributed by atoms with E-state index in [0.29, 0.717) is 0 Å². The van der Waals surface area contributed by atoms with Gasteiger partial charge < -0.3 is 16.2 Å². The largest absolute Gasteiger partial charge is 0.478 e. The Balaban J connectivity index is 3.04. The number of rotatable bonds is 3. The van der Waals surface area contributed by atoms with Crippen molar-refractivity contribution in [3.8, 4) is 0 Å². The van der Waals surface area contributed by atoms with Gasteiger partial charge in [0.1, 0.15) is 11.4 Å². The second-order valence-electron chi connectivity index (χ2n) is 5.30. The van der Waals surface area contributed by atoms with Crippen LogP contribution in [0.25, 0.3) is 0 Å². The minimum Gasteiger partial charge on any atom is -0.478 e. The van der Waals surface area contributed by atoms with E-state index in [1.807, 2.05) is 0 Å². The molecule has 0 spiro atoms. The van der Waals surface area contributed by atoms with Gasteiger partial charge in [0.05, 0.1) is 11.7 Å². The molecule has 0 bridgehead atoms. The molecule has 0 aliphatic heterocycles. The Morgan fingerprint density at radius 1 is 1.37 bits per heavy atom. The number of halogens is 1. The van der Waals surface area contributed by atoms with Crippen LogP contribution in [0.5, 0.6) is 0 Å². The summed E-state index contributed by atoms with van der Waals surface area (Å²) in [4.78, 5) is 22.9. The van der Waals surface area contributed by atoms with Crippen molar-refractivity contribution in [2.75, 3.05) is 5.32 Å². The first kappa shape index (κ1) is 15.1. The average Bonchev–Trinajstić information content (AvgIpc) is 2.26. The lowest BCUT2D eigenvalue weighted by Gasteiger charge is -2.26. The van der Waals surface area contributed by atoms with E-state index in [-0.39, 0.29) is 5.69 Å². The molecule has 19 heavy (non-hydrogen) atoms. The lowest BCUT2D eigenvalue weighted by Crippen LogP contribution is -2.45. The van der Waals surface area contributed by atoms with Crippen molar-refractivity contribution in [3.05, 3.63) is 29.6 Å². The molecule has 6 heteroatoms. The quantitative estimate of drug-likeness (QED) is 0.779. The van der Waals surface area contributed by atoms with Crippen LogP contribution in [0.15, 0.2) is 18.2 Å². The van der Waals surface area contributed by atoms with Gasteiger partial charge >= 0.3 is 5.97 Å². The van der Waals surface area contributed by atoms with Crippen LogP contribution >= 0.6 is 0 Å². The third-order valence-corrected chi connectivity index (χ3v) is 2.70. The molecular weight excluding hydrogens is 251 g/mol. The van der Waals surface area contributed by atoms with E-state index >= 15 is 0 Å². The number of amides is 1. The standard InChI is InChI=1S/C13H17FN2O3/c1-13(2,3)10(15)11(17)16-8-6-4-5-7(14)9(8)12(18)19/h4-6,10H,15H2,1-3H3,(H,16,17)(H,18,19). The predicted molar refractivity (Wildman–Crippen MR) is 69.4 cm³/mol. The molecule has 1 aromatic rings. The number of anilines is 1. The van der Waals surface area contributed by atoms with Crippen LogP contribution in [0.4, 0.5) is 10.1 Å². The second kappa shape index (κ2) is 5.36. The topological polar surface area (TPSA) is 92.4 Å². The maximum atomic E-state index is 13.4. The first-order valence-electron chi connectivity index (χ1n) is 5.73. The van der Waals surface area contributed by atoms with Gasteiger partial charge in [-0.2, -0.15) is 0 Å². The maximum Gasteiger partial charge on any atom is 0.340 e. The molecule has 0 radical (unpaired) electrons. The molecule has 1 atom stereocenters. The Morgan fingerprint density at radius 2 is 1.95 bits per heavy atom. The van der Waals surface area contributed by atoms with Crippen LogP contribution < -0.4 is 11.1 Å². The molecular formula is C13H17FN2O3. The lowest BCUT2D eigenvalue weighted by atomic mass is 9.87. The first-order chi connectivity index (χ1) is 8.64. The Bertz CT molecular complexity index is 509. The van der Waals surface area contributed by atoms with Gasteiger partial charge in [-0.3, -0.25) is 4.79 Å². The van der Waals surface area contributed by atoms with Gasteiger partial charge in [-0.15, -0.1) is 0 Å². The zero-order chi connectivity index (χ0) is 14.8. The highest BCUT2D eigenvalue weighted by Crippen LogP contribution is 2.22. The minimum atomic E-state index is -1.45. The number of hydrogen-bond acceptors (Lipinski definition) is 3. The monoisotopic (exact) mass is 268 g/mol. The van der Waals surface area contributed by atoms with E-state index in [1.54, 1.807) is 20.8 Å². The number of nitrogens with one attached hydrogen (secondary N) is 1. The van der Waals surface area contributed by atoms with Crippen molar-refractivity contribution < 1.29 is 19.1 Å². The molecule has 1 rings (SSSR count). The Morgan fingerprint density at radius 3 is 2.42 bits per heavy atom. The number of carboxylic acid groups (broad SMARTS) is 1. The van der Waals surface area contributed by atoms with Gasteiger partial charge in [-0.25, -0.2) is 9.18 Å². The number of nitrogens with two attached hydrogens (primary N) is 1. The molecule has 1 aromatic carbocycles. The molecule has 0 saturated carbocycles.